The molecule has 1 saturated heterocycles. The maximum Gasteiger partial charge on any atom is 0.263 e. The average Bonchev–Trinajstić information content (AvgIpc) is 3.48. The number of hydrogen-bond donors (Lipinski definition) is 1. The molecule has 0 atom stereocenters. The van der Waals surface area contributed by atoms with Crippen molar-refractivity contribution >= 4 is 22.8 Å². The number of rotatable bonds is 8. The van der Waals surface area contributed by atoms with E-state index in [1.54, 1.807) is 43.1 Å². The Morgan fingerprint density at radius 3 is 2.49 bits per heavy atom. The van der Waals surface area contributed by atoms with Crippen molar-refractivity contribution in [2.24, 2.45) is 0 Å². The average molecular weight is 499 g/mol. The largest absolute Gasteiger partial charge is 0.497 e. The molecule has 37 heavy (non-hydrogen) atoms. The van der Waals surface area contributed by atoms with Gasteiger partial charge in [0.05, 0.1) is 31.7 Å². The Kier molecular flexibility index (Phi) is 7.07. The Morgan fingerprint density at radius 1 is 0.973 bits per heavy atom. The summed E-state index contributed by atoms with van der Waals surface area (Å²) in [6.07, 6.45) is 2.13. The topological polar surface area (TPSA) is 85.7 Å². The number of methoxy groups -OCH3 is 2. The minimum Gasteiger partial charge on any atom is -0.497 e. The second-order valence-electron chi connectivity index (χ2n) is 9.08. The number of ether oxygens (including phenoxy) is 2. The molecular formula is C29H30N4O4. The molecule has 0 unspecified atom stereocenters. The van der Waals surface area contributed by atoms with E-state index in [-0.39, 0.29) is 18.0 Å². The van der Waals surface area contributed by atoms with Crippen LogP contribution in [0.1, 0.15) is 34.3 Å². The molecule has 0 bridgehead atoms. The summed E-state index contributed by atoms with van der Waals surface area (Å²) < 4.78 is 12.4. The second-order valence-corrected chi connectivity index (χ2v) is 9.08. The summed E-state index contributed by atoms with van der Waals surface area (Å²) in [5, 5.41) is 3.43. The first kappa shape index (κ1) is 24.4. The quantitative estimate of drug-likeness (QED) is 0.395. The number of carbonyl (C=O) groups is 1. The minimum atomic E-state index is -0.252. The monoisotopic (exact) mass is 498 g/mol. The highest BCUT2D eigenvalue weighted by molar-refractivity contribution is 5.97. The molecule has 8 nitrogen and oxygen atoms in total. The van der Waals surface area contributed by atoms with Crippen molar-refractivity contribution in [1.82, 2.24) is 14.9 Å². The first-order valence-electron chi connectivity index (χ1n) is 12.4. The van der Waals surface area contributed by atoms with Crippen molar-refractivity contribution in [3.05, 3.63) is 93.8 Å². The van der Waals surface area contributed by atoms with E-state index in [0.29, 0.717) is 40.5 Å². The number of nitrogens with one attached hydrogen (secondary N) is 1. The van der Waals surface area contributed by atoms with Gasteiger partial charge in [0.25, 0.3) is 11.5 Å². The number of benzene rings is 3. The standard InChI is InChI=1S/C29H30N4O4/c1-36-23-12-10-22(26(17-23)37-2)18-30-27(34)21-11-13-24-25(16-21)31-29(32-14-6-7-15-32)33(28(24)35)19-20-8-4-3-5-9-20/h3-5,8-13,16-17H,6-7,14-15,18-19H2,1-2H3,(H,30,34). The molecule has 0 saturated carbocycles. The van der Waals surface area contributed by atoms with Crippen LogP contribution < -0.4 is 25.2 Å². The van der Waals surface area contributed by atoms with E-state index >= 15 is 0 Å². The third kappa shape index (κ3) is 5.14. The molecule has 0 spiro atoms. The minimum absolute atomic E-state index is 0.106. The van der Waals surface area contributed by atoms with Crippen molar-refractivity contribution < 1.29 is 14.3 Å². The van der Waals surface area contributed by atoms with E-state index in [9.17, 15) is 9.59 Å². The summed E-state index contributed by atoms with van der Waals surface area (Å²) >= 11 is 0. The highest BCUT2D eigenvalue weighted by Crippen LogP contribution is 2.25. The van der Waals surface area contributed by atoms with Crippen LogP contribution in [0.25, 0.3) is 10.9 Å². The number of nitrogens with zero attached hydrogens (tertiary/aromatic N) is 3. The van der Waals surface area contributed by atoms with E-state index in [2.05, 4.69) is 10.2 Å². The molecule has 1 amide bonds. The highest BCUT2D eigenvalue weighted by atomic mass is 16.5. The lowest BCUT2D eigenvalue weighted by molar-refractivity contribution is 0.0951. The first-order valence-corrected chi connectivity index (χ1v) is 12.4. The van der Waals surface area contributed by atoms with Gasteiger partial charge in [0.1, 0.15) is 11.5 Å². The van der Waals surface area contributed by atoms with Gasteiger partial charge in [-0.05, 0) is 48.7 Å². The normalized spacial score (nSPS) is 13.1. The highest BCUT2D eigenvalue weighted by Gasteiger charge is 2.21. The van der Waals surface area contributed by atoms with Crippen LogP contribution in [0.15, 0.2) is 71.5 Å². The lowest BCUT2D eigenvalue weighted by atomic mass is 10.1. The van der Waals surface area contributed by atoms with Gasteiger partial charge in [-0.25, -0.2) is 4.98 Å². The van der Waals surface area contributed by atoms with Gasteiger partial charge in [0.2, 0.25) is 5.95 Å². The maximum absolute atomic E-state index is 13.6. The molecule has 4 aromatic rings. The summed E-state index contributed by atoms with van der Waals surface area (Å²) in [4.78, 5) is 33.7. The van der Waals surface area contributed by atoms with Crippen LogP contribution >= 0.6 is 0 Å². The maximum atomic E-state index is 13.6. The predicted octanol–water partition coefficient (Wildman–Crippen LogP) is 3.99. The molecule has 2 heterocycles. The van der Waals surface area contributed by atoms with Crippen molar-refractivity contribution in [3.8, 4) is 11.5 Å². The van der Waals surface area contributed by atoms with E-state index < -0.39 is 0 Å². The summed E-state index contributed by atoms with van der Waals surface area (Å²) in [6.45, 7) is 2.45. The lowest BCUT2D eigenvalue weighted by Gasteiger charge is -2.22. The van der Waals surface area contributed by atoms with Gasteiger partial charge in [0, 0.05) is 36.8 Å². The predicted molar refractivity (Wildman–Crippen MR) is 144 cm³/mol. The third-order valence-corrected chi connectivity index (χ3v) is 6.70. The summed E-state index contributed by atoms with van der Waals surface area (Å²) in [5.74, 6) is 1.71. The molecule has 190 valence electrons. The zero-order chi connectivity index (χ0) is 25.8. The molecule has 0 aliphatic carbocycles. The second kappa shape index (κ2) is 10.7. The fraction of sp³-hybridized carbons (Fsp3) is 0.276. The number of amides is 1. The van der Waals surface area contributed by atoms with Gasteiger partial charge >= 0.3 is 0 Å². The molecule has 1 aliphatic rings. The molecule has 5 rings (SSSR count). The Labute approximate surface area is 215 Å². The van der Waals surface area contributed by atoms with Crippen molar-refractivity contribution in [1.29, 1.82) is 0 Å². The number of anilines is 1. The number of hydrogen-bond acceptors (Lipinski definition) is 6. The van der Waals surface area contributed by atoms with E-state index in [1.165, 1.54) is 0 Å². The lowest BCUT2D eigenvalue weighted by Crippen LogP contribution is -2.31. The summed E-state index contributed by atoms with van der Waals surface area (Å²) in [7, 11) is 3.17. The van der Waals surface area contributed by atoms with Crippen molar-refractivity contribution in [2.75, 3.05) is 32.2 Å². The van der Waals surface area contributed by atoms with Gasteiger partial charge < -0.3 is 19.7 Å². The van der Waals surface area contributed by atoms with Gasteiger partial charge in [-0.1, -0.05) is 30.3 Å². The smallest absolute Gasteiger partial charge is 0.263 e. The molecule has 1 aromatic heterocycles. The molecule has 3 aromatic carbocycles. The Hall–Kier alpha value is -4.33. The zero-order valence-electron chi connectivity index (χ0n) is 21.1. The van der Waals surface area contributed by atoms with Crippen LogP contribution in [0.4, 0.5) is 5.95 Å². The Bertz CT molecular complexity index is 1480. The van der Waals surface area contributed by atoms with Gasteiger partial charge in [0.15, 0.2) is 0 Å². The van der Waals surface area contributed by atoms with Crippen LogP contribution in [0.2, 0.25) is 0 Å². The molecular weight excluding hydrogens is 468 g/mol. The number of fused-ring (bicyclic) bond motifs is 1. The molecule has 1 N–H and O–H groups in total. The number of carbonyl (C=O) groups excluding carboxylic acids is 1. The fourth-order valence-electron chi connectivity index (χ4n) is 4.69. The third-order valence-electron chi connectivity index (χ3n) is 6.70. The Balaban J connectivity index is 1.45. The fourth-order valence-corrected chi connectivity index (χ4v) is 4.69. The van der Waals surface area contributed by atoms with Crippen LogP contribution in [-0.2, 0) is 13.1 Å². The van der Waals surface area contributed by atoms with E-state index in [1.807, 2.05) is 42.5 Å². The van der Waals surface area contributed by atoms with Crippen molar-refractivity contribution in [2.45, 2.75) is 25.9 Å². The van der Waals surface area contributed by atoms with Gasteiger partial charge in [-0.15, -0.1) is 0 Å². The van der Waals surface area contributed by atoms with Crippen LogP contribution in [0, 0.1) is 0 Å². The number of aromatic nitrogens is 2. The molecule has 1 fully saturated rings. The molecule has 0 radical (unpaired) electrons. The molecule has 1 aliphatic heterocycles. The van der Waals surface area contributed by atoms with E-state index in [4.69, 9.17) is 14.5 Å². The van der Waals surface area contributed by atoms with Crippen molar-refractivity contribution in [3.63, 3.8) is 0 Å². The first-order chi connectivity index (χ1) is 18.1. The summed E-state index contributed by atoms with van der Waals surface area (Å²) in [5.41, 5.74) is 2.73. The van der Waals surface area contributed by atoms with Crippen LogP contribution in [0.5, 0.6) is 11.5 Å². The van der Waals surface area contributed by atoms with Crippen LogP contribution in [-0.4, -0.2) is 42.8 Å². The zero-order valence-corrected chi connectivity index (χ0v) is 21.1. The van der Waals surface area contributed by atoms with Crippen LogP contribution in [0.3, 0.4) is 0 Å². The van der Waals surface area contributed by atoms with Gasteiger partial charge in [-0.2, -0.15) is 0 Å². The van der Waals surface area contributed by atoms with E-state index in [0.717, 1.165) is 37.1 Å². The summed E-state index contributed by atoms with van der Waals surface area (Å²) in [6, 6.07) is 20.5. The molecule has 8 heteroatoms. The van der Waals surface area contributed by atoms with Gasteiger partial charge in [-0.3, -0.25) is 14.2 Å². The SMILES string of the molecule is COc1ccc(CNC(=O)c2ccc3c(=O)n(Cc4ccccc4)c(N4CCCC4)nc3c2)c(OC)c1. The Morgan fingerprint density at radius 2 is 1.76 bits per heavy atom.